The zero-order valence-corrected chi connectivity index (χ0v) is 18.8. The van der Waals surface area contributed by atoms with Gasteiger partial charge in [-0.05, 0) is 43.2 Å². The van der Waals surface area contributed by atoms with Gasteiger partial charge in [0.25, 0.3) is 0 Å². The van der Waals surface area contributed by atoms with Gasteiger partial charge in [0.15, 0.2) is 0 Å². The van der Waals surface area contributed by atoms with E-state index in [0.29, 0.717) is 35.0 Å². The first-order valence-electron chi connectivity index (χ1n) is 11.2. The maximum atomic E-state index is 13.6. The van der Waals surface area contributed by atoms with Gasteiger partial charge in [0.2, 0.25) is 0 Å². The van der Waals surface area contributed by atoms with Crippen molar-refractivity contribution in [3.8, 4) is 34.0 Å². The van der Waals surface area contributed by atoms with Crippen molar-refractivity contribution in [3.05, 3.63) is 79.0 Å². The number of halogens is 1. The molecule has 0 aliphatic heterocycles. The van der Waals surface area contributed by atoms with E-state index in [2.05, 4.69) is 9.97 Å². The van der Waals surface area contributed by atoms with Gasteiger partial charge in [-0.2, -0.15) is 0 Å². The molecule has 184 valence electrons. The molecule has 10 heteroatoms. The number of hydrogen-bond acceptors (Lipinski definition) is 6. The van der Waals surface area contributed by atoms with Crippen LogP contribution < -0.4 is 0 Å². The van der Waals surface area contributed by atoms with E-state index in [-0.39, 0.29) is 56.4 Å². The summed E-state index contributed by atoms with van der Waals surface area (Å²) in [5.74, 6) is -0.847. The molecule has 0 fully saturated rings. The minimum atomic E-state index is -1.14. The van der Waals surface area contributed by atoms with Crippen molar-refractivity contribution in [2.24, 2.45) is 0 Å². The third kappa shape index (κ3) is 6.95. The van der Waals surface area contributed by atoms with Crippen molar-refractivity contribution in [3.63, 3.8) is 0 Å². The molecule has 2 aromatic heterocycles. The number of hydrogen-bond donors (Lipinski definition) is 3. The van der Waals surface area contributed by atoms with E-state index in [1.54, 1.807) is 24.4 Å². The number of carboxylic acids is 1. The topological polar surface area (TPSA) is 121 Å². The fourth-order valence-corrected chi connectivity index (χ4v) is 3.97. The summed E-state index contributed by atoms with van der Waals surface area (Å²) in [6.45, 7) is 0.318. The predicted molar refractivity (Wildman–Crippen MR) is 136 cm³/mol. The summed E-state index contributed by atoms with van der Waals surface area (Å²) >= 11 is 0. The molecule has 2 aromatic carbocycles. The summed E-state index contributed by atoms with van der Waals surface area (Å²) in [7, 11) is 0. The molecule has 0 aliphatic carbocycles. The Morgan fingerprint density at radius 2 is 1.69 bits per heavy atom. The Morgan fingerprint density at radius 1 is 0.972 bits per heavy atom. The normalized spacial score (nSPS) is 12.5. The third-order valence-electron chi connectivity index (χ3n) is 5.58. The van der Waals surface area contributed by atoms with Crippen molar-refractivity contribution in [2.75, 3.05) is 0 Å². The number of carbonyl (C=O) groups is 1. The quantitative estimate of drug-likeness (QED) is 0.276. The van der Waals surface area contributed by atoms with Crippen molar-refractivity contribution < 1.29 is 24.5 Å². The molecule has 0 radical (unpaired) electrons. The molecule has 2 atom stereocenters. The molecule has 8 nitrogen and oxygen atoms in total. The molecule has 0 spiro atoms. The Bertz CT molecular complexity index is 1270. The average molecular weight is 519 g/mol. The Hall–Kier alpha value is -2.69. The van der Waals surface area contributed by atoms with E-state index in [1.165, 1.54) is 18.5 Å². The second-order valence-corrected chi connectivity index (χ2v) is 8.18. The third-order valence-corrected chi connectivity index (χ3v) is 5.58. The van der Waals surface area contributed by atoms with Crippen molar-refractivity contribution in [1.82, 2.24) is 19.5 Å². The molecule has 0 amide bonds. The predicted octanol–water partition coefficient (Wildman–Crippen LogP) is 2.87. The van der Waals surface area contributed by atoms with Crippen LogP contribution in [0.15, 0.2) is 73.2 Å². The first kappa shape index (κ1) is 27.9. The van der Waals surface area contributed by atoms with E-state index >= 15 is 0 Å². The number of aliphatic hydroxyl groups excluding tert-OH is 2. The second kappa shape index (κ2) is 13.0. The molecule has 0 unspecified atom stereocenters. The van der Waals surface area contributed by atoms with E-state index in [4.69, 9.17) is 10.1 Å². The van der Waals surface area contributed by atoms with Crippen LogP contribution in [0.3, 0.4) is 0 Å². The van der Waals surface area contributed by atoms with Crippen molar-refractivity contribution >= 4 is 43.7 Å². The fourth-order valence-electron chi connectivity index (χ4n) is 3.97. The Kier molecular flexibility index (Phi) is 10.1. The average Bonchev–Trinajstić information content (AvgIpc) is 3.23. The van der Waals surface area contributed by atoms with Gasteiger partial charge in [0.1, 0.15) is 18.0 Å². The van der Waals surface area contributed by atoms with Crippen molar-refractivity contribution in [1.29, 1.82) is 0 Å². The van der Waals surface area contributed by atoms with Gasteiger partial charge < -0.3 is 19.9 Å². The molecule has 36 heavy (non-hydrogen) atoms. The van der Waals surface area contributed by atoms with Gasteiger partial charge in [-0.15, -0.1) is 0 Å². The van der Waals surface area contributed by atoms with Gasteiger partial charge in [-0.3, -0.25) is 4.79 Å². The summed E-state index contributed by atoms with van der Waals surface area (Å²) in [5.41, 5.74) is 3.43. The zero-order valence-electron chi connectivity index (χ0n) is 18.8. The summed E-state index contributed by atoms with van der Waals surface area (Å²) in [6.07, 6.45) is 0.729. The number of imidazole rings is 1. The summed E-state index contributed by atoms with van der Waals surface area (Å²) in [4.78, 5) is 24.2. The Labute approximate surface area is 237 Å². The SMILES string of the molecule is O=C(O)C[C@H](O)C[C@H](O)CCn1c(-c2ccccc2)nc(-c2ccc(F)cc2)c1-c1ccncn1.[CaH2]. The molecule has 0 aliphatic rings. The molecule has 4 rings (SSSR count). The maximum absolute atomic E-state index is 13.6. The van der Waals surface area contributed by atoms with E-state index in [1.807, 2.05) is 34.9 Å². The fraction of sp³-hybridized carbons (Fsp3) is 0.231. The molecule has 3 N–H and O–H groups in total. The van der Waals surface area contributed by atoms with Crippen LogP contribution >= 0.6 is 0 Å². The number of carboxylic acid groups (broad SMARTS) is 1. The first-order chi connectivity index (χ1) is 16.9. The monoisotopic (exact) mass is 518 g/mol. The molecular formula is C26H27CaFN4O4. The van der Waals surface area contributed by atoms with Crippen LogP contribution in [0.4, 0.5) is 4.39 Å². The molecule has 0 saturated carbocycles. The van der Waals surface area contributed by atoms with Crippen LogP contribution in [-0.4, -0.2) is 90.8 Å². The number of aromatic nitrogens is 4. The van der Waals surface area contributed by atoms with Gasteiger partial charge in [0.05, 0.1) is 35.7 Å². The number of benzene rings is 2. The molecule has 0 saturated heterocycles. The van der Waals surface area contributed by atoms with Crippen LogP contribution in [0.5, 0.6) is 0 Å². The summed E-state index contributed by atoms with van der Waals surface area (Å²) in [5, 5.41) is 29.3. The van der Waals surface area contributed by atoms with E-state index < -0.39 is 24.6 Å². The molecule has 4 aromatic rings. The number of rotatable bonds is 10. The van der Waals surface area contributed by atoms with Gasteiger partial charge in [-0.25, -0.2) is 19.3 Å². The Balaban J connectivity index is 0.00000361. The van der Waals surface area contributed by atoms with Gasteiger partial charge in [-0.1, -0.05) is 30.3 Å². The van der Waals surface area contributed by atoms with Crippen LogP contribution in [0.1, 0.15) is 19.3 Å². The minimum absolute atomic E-state index is 0. The standard InChI is InChI=1S/C26H25FN4O4.Ca.2H/c27-19-8-6-17(7-9-19)24-25(22-10-12-28-16-29-22)31(26(30-24)18-4-2-1-3-5-18)13-11-20(32)14-21(33)15-23(34)35;;;/h1-10,12,16,20-21,32-33H,11,13-15H2,(H,34,35);;;/t20-,21-;;;/m1.../s1. The number of nitrogens with zero attached hydrogens (tertiary/aromatic N) is 4. The van der Waals surface area contributed by atoms with Gasteiger partial charge >= 0.3 is 43.7 Å². The Morgan fingerprint density at radius 3 is 2.33 bits per heavy atom. The second-order valence-electron chi connectivity index (χ2n) is 8.18. The van der Waals surface area contributed by atoms with Crippen LogP contribution in [0.25, 0.3) is 34.0 Å². The molecule has 0 bridgehead atoms. The van der Waals surface area contributed by atoms with E-state index in [0.717, 1.165) is 5.56 Å². The van der Waals surface area contributed by atoms with Gasteiger partial charge in [0, 0.05) is 23.9 Å². The summed E-state index contributed by atoms with van der Waals surface area (Å²) < 4.78 is 15.6. The number of aliphatic carboxylic acids is 1. The first-order valence-corrected chi connectivity index (χ1v) is 11.2. The van der Waals surface area contributed by atoms with Crippen LogP contribution in [-0.2, 0) is 11.3 Å². The summed E-state index contributed by atoms with van der Waals surface area (Å²) in [6, 6.07) is 17.3. The van der Waals surface area contributed by atoms with Crippen LogP contribution in [0, 0.1) is 5.82 Å². The number of aliphatic hydroxyl groups is 2. The molecule has 2 heterocycles. The van der Waals surface area contributed by atoms with E-state index in [9.17, 15) is 19.4 Å². The zero-order chi connectivity index (χ0) is 24.8. The van der Waals surface area contributed by atoms with Crippen molar-refractivity contribution in [2.45, 2.75) is 38.0 Å². The van der Waals surface area contributed by atoms with Crippen LogP contribution in [0.2, 0.25) is 0 Å². The molecular weight excluding hydrogens is 491 g/mol.